The lowest BCUT2D eigenvalue weighted by Crippen LogP contribution is -1.90. The Kier molecular flexibility index (Phi) is 3.94. The van der Waals surface area contributed by atoms with Crippen molar-refractivity contribution < 1.29 is 6.22 Å². The number of hydrogen-bond donors (Lipinski definition) is 1. The van der Waals surface area contributed by atoms with Crippen LogP contribution in [0.15, 0.2) is 30.6 Å². The van der Waals surface area contributed by atoms with Gasteiger partial charge in [-0.05, 0) is 25.1 Å². The van der Waals surface area contributed by atoms with Crippen molar-refractivity contribution in [1.82, 2.24) is 9.13 Å². The number of nitrogens with zero attached hydrogens (tertiary/aromatic N) is 2. The van der Waals surface area contributed by atoms with Crippen LogP contribution < -0.4 is 5.73 Å². The molecule has 2 aromatic rings. The van der Waals surface area contributed by atoms with Gasteiger partial charge in [-0.1, -0.05) is 0 Å². The predicted octanol–water partition coefficient (Wildman–Crippen LogP) is 2.00. The lowest BCUT2D eigenvalue weighted by Gasteiger charge is -1.89. The number of carbonyl (C=O) groups excluding carboxylic acids is 1. The van der Waals surface area contributed by atoms with Gasteiger partial charge in [0.05, 0.1) is 11.4 Å². The van der Waals surface area contributed by atoms with Crippen LogP contribution in [0.4, 0.5) is 5.69 Å². The molecular weight excluding hydrogens is 202 g/mol. The standard InChI is InChI=1S/C6H8N2O.C6H9N.H2/c1-8-3-5(7)2-6(8)4-9;1-6-4-3-5-7(6)2;/h2-4H,7H2,1H3;3-5H,1-2H3;1H. The van der Waals surface area contributed by atoms with E-state index in [0.29, 0.717) is 11.4 Å². The van der Waals surface area contributed by atoms with Gasteiger partial charge in [-0.15, -0.1) is 0 Å². The van der Waals surface area contributed by atoms with Crippen molar-refractivity contribution in [3.05, 3.63) is 42.0 Å². The number of aldehydes is 1. The Bertz CT molecular complexity index is 457. The molecule has 0 bridgehead atoms. The molecule has 4 nitrogen and oxygen atoms in total. The minimum Gasteiger partial charge on any atom is -0.397 e. The number of carbonyl (C=O) groups is 1. The van der Waals surface area contributed by atoms with Gasteiger partial charge in [-0.3, -0.25) is 4.79 Å². The molecule has 4 heteroatoms. The van der Waals surface area contributed by atoms with Crippen LogP contribution >= 0.6 is 0 Å². The smallest absolute Gasteiger partial charge is 0.166 e. The van der Waals surface area contributed by atoms with Crippen LogP contribution in [0.1, 0.15) is 17.6 Å². The molecule has 0 spiro atoms. The van der Waals surface area contributed by atoms with Gasteiger partial charge < -0.3 is 14.9 Å². The molecule has 0 unspecified atom stereocenters. The van der Waals surface area contributed by atoms with Crippen LogP contribution in [0, 0.1) is 6.92 Å². The molecule has 0 saturated carbocycles. The summed E-state index contributed by atoms with van der Waals surface area (Å²) in [5, 5.41) is 0. The number of anilines is 1. The van der Waals surface area contributed by atoms with E-state index in [-0.39, 0.29) is 1.43 Å². The molecule has 2 heterocycles. The zero-order valence-corrected chi connectivity index (χ0v) is 9.84. The van der Waals surface area contributed by atoms with Crippen LogP contribution in [0.3, 0.4) is 0 Å². The van der Waals surface area contributed by atoms with E-state index in [2.05, 4.69) is 17.6 Å². The number of aryl methyl sites for hydroxylation is 3. The molecule has 2 rings (SSSR count). The van der Waals surface area contributed by atoms with E-state index in [4.69, 9.17) is 5.73 Å². The zero-order chi connectivity index (χ0) is 12.1. The Hall–Kier alpha value is -1.97. The second kappa shape index (κ2) is 5.21. The van der Waals surface area contributed by atoms with E-state index in [9.17, 15) is 4.79 Å². The molecule has 0 aliphatic carbocycles. The highest BCUT2D eigenvalue weighted by Crippen LogP contribution is 2.04. The van der Waals surface area contributed by atoms with Crippen LogP contribution in [0.5, 0.6) is 0 Å². The molecule has 0 saturated heterocycles. The van der Waals surface area contributed by atoms with Crippen LogP contribution in [-0.2, 0) is 14.1 Å². The summed E-state index contributed by atoms with van der Waals surface area (Å²) in [6.45, 7) is 2.08. The molecule has 2 aromatic heterocycles. The van der Waals surface area contributed by atoms with E-state index in [0.717, 1.165) is 6.29 Å². The number of hydrogen-bond acceptors (Lipinski definition) is 2. The third-order valence-electron chi connectivity index (χ3n) is 2.39. The first-order valence-corrected chi connectivity index (χ1v) is 4.99. The summed E-state index contributed by atoms with van der Waals surface area (Å²) >= 11 is 0. The van der Waals surface area contributed by atoms with Gasteiger partial charge in [0.2, 0.25) is 0 Å². The Balaban J connectivity index is 0.000000292. The highest BCUT2D eigenvalue weighted by atomic mass is 16.1. The molecule has 0 atom stereocenters. The maximum atomic E-state index is 10.2. The lowest BCUT2D eigenvalue weighted by molar-refractivity contribution is 0.111. The Labute approximate surface area is 96.8 Å². The molecule has 0 amide bonds. The van der Waals surface area contributed by atoms with E-state index in [1.54, 1.807) is 23.9 Å². The number of aromatic nitrogens is 2. The molecular formula is C12H19N3O. The van der Waals surface area contributed by atoms with Gasteiger partial charge in [0.1, 0.15) is 0 Å². The van der Waals surface area contributed by atoms with E-state index in [1.165, 1.54) is 5.69 Å². The molecule has 16 heavy (non-hydrogen) atoms. The fourth-order valence-corrected chi connectivity index (χ4v) is 1.27. The summed E-state index contributed by atoms with van der Waals surface area (Å²) in [5.74, 6) is 0. The fraction of sp³-hybridized carbons (Fsp3) is 0.250. The van der Waals surface area contributed by atoms with Crippen LogP contribution in [0.25, 0.3) is 0 Å². The first-order chi connectivity index (χ1) is 7.54. The second-order valence-electron chi connectivity index (χ2n) is 3.69. The summed E-state index contributed by atoms with van der Waals surface area (Å²) in [7, 11) is 3.81. The molecule has 2 N–H and O–H groups in total. The Morgan fingerprint density at radius 2 is 2.06 bits per heavy atom. The number of nitrogen functional groups attached to an aromatic ring is 1. The molecule has 0 aromatic carbocycles. The van der Waals surface area contributed by atoms with Gasteiger partial charge in [0, 0.05) is 33.6 Å². The highest BCUT2D eigenvalue weighted by molar-refractivity contribution is 5.74. The average molecular weight is 221 g/mol. The van der Waals surface area contributed by atoms with Crippen molar-refractivity contribution in [2.45, 2.75) is 6.92 Å². The first-order valence-electron chi connectivity index (χ1n) is 4.99. The first kappa shape index (κ1) is 12.1. The quantitative estimate of drug-likeness (QED) is 0.749. The van der Waals surface area contributed by atoms with Gasteiger partial charge in [0.15, 0.2) is 6.29 Å². The van der Waals surface area contributed by atoms with Crippen LogP contribution in [0.2, 0.25) is 0 Å². The lowest BCUT2D eigenvalue weighted by atomic mass is 10.4. The molecule has 0 radical (unpaired) electrons. The topological polar surface area (TPSA) is 52.9 Å². The van der Waals surface area contributed by atoms with Crippen molar-refractivity contribution in [2.75, 3.05) is 5.73 Å². The summed E-state index contributed by atoms with van der Waals surface area (Å²) < 4.78 is 3.77. The van der Waals surface area contributed by atoms with Gasteiger partial charge in [-0.2, -0.15) is 0 Å². The summed E-state index contributed by atoms with van der Waals surface area (Å²) in [5.41, 5.74) is 7.91. The van der Waals surface area contributed by atoms with Crippen molar-refractivity contribution in [3.63, 3.8) is 0 Å². The summed E-state index contributed by atoms with van der Waals surface area (Å²) in [4.78, 5) is 10.2. The second-order valence-corrected chi connectivity index (χ2v) is 3.69. The van der Waals surface area contributed by atoms with Crippen molar-refractivity contribution in [1.29, 1.82) is 0 Å². The molecule has 0 aliphatic heterocycles. The largest absolute Gasteiger partial charge is 0.397 e. The molecule has 88 valence electrons. The Morgan fingerprint density at radius 1 is 1.38 bits per heavy atom. The van der Waals surface area contributed by atoms with Crippen LogP contribution in [-0.4, -0.2) is 15.4 Å². The van der Waals surface area contributed by atoms with Gasteiger partial charge in [-0.25, -0.2) is 0 Å². The minimum absolute atomic E-state index is 0. The summed E-state index contributed by atoms with van der Waals surface area (Å²) in [6, 6.07) is 5.75. The maximum absolute atomic E-state index is 10.2. The Morgan fingerprint density at radius 3 is 2.25 bits per heavy atom. The molecule has 0 fully saturated rings. The van der Waals surface area contributed by atoms with E-state index >= 15 is 0 Å². The number of nitrogens with two attached hydrogens (primary N) is 1. The highest BCUT2D eigenvalue weighted by Gasteiger charge is 1.95. The van der Waals surface area contributed by atoms with Crippen molar-refractivity contribution in [3.8, 4) is 0 Å². The monoisotopic (exact) mass is 221 g/mol. The average Bonchev–Trinajstić information content (AvgIpc) is 2.75. The molecule has 0 aliphatic rings. The normalized spacial score (nSPS) is 9.44. The number of rotatable bonds is 1. The van der Waals surface area contributed by atoms with Gasteiger partial charge >= 0.3 is 0 Å². The fourth-order valence-electron chi connectivity index (χ4n) is 1.27. The van der Waals surface area contributed by atoms with E-state index < -0.39 is 0 Å². The van der Waals surface area contributed by atoms with Crippen molar-refractivity contribution in [2.24, 2.45) is 14.1 Å². The van der Waals surface area contributed by atoms with Crippen molar-refractivity contribution >= 4 is 12.0 Å². The zero-order valence-electron chi connectivity index (χ0n) is 9.84. The predicted molar refractivity (Wildman–Crippen MR) is 67.5 cm³/mol. The third-order valence-corrected chi connectivity index (χ3v) is 2.39. The van der Waals surface area contributed by atoms with Gasteiger partial charge in [0.25, 0.3) is 0 Å². The maximum Gasteiger partial charge on any atom is 0.166 e. The third kappa shape index (κ3) is 3.02. The SMILES string of the molecule is Cc1cccn1C.Cn1cc(N)cc1C=O.[HH]. The van der Waals surface area contributed by atoms with E-state index in [1.807, 2.05) is 19.3 Å². The minimum atomic E-state index is 0. The summed E-state index contributed by atoms with van der Waals surface area (Å²) in [6.07, 6.45) is 4.51.